The molecule has 1 aromatic rings. The number of non-ortho nitro benzene ring substituents is 1. The van der Waals surface area contributed by atoms with Gasteiger partial charge in [0, 0.05) is 6.07 Å². The fourth-order valence-corrected chi connectivity index (χ4v) is 1.43. The number of hydrogen-bond donors (Lipinski definition) is 1. The highest BCUT2D eigenvalue weighted by atomic mass is 16.6. The zero-order valence-corrected chi connectivity index (χ0v) is 10.9. The van der Waals surface area contributed by atoms with Gasteiger partial charge in [0.15, 0.2) is 6.61 Å². The largest absolute Gasteiger partial charge is 0.484 e. The van der Waals surface area contributed by atoms with E-state index in [0.717, 1.165) is 11.0 Å². The first kappa shape index (κ1) is 16.0. The molecule has 110 valence electrons. The quantitative estimate of drug-likeness (QED) is 0.445. The van der Waals surface area contributed by atoms with Crippen LogP contribution in [-0.4, -0.2) is 46.5 Å². The maximum Gasteiger partial charge on any atom is 0.323 e. The van der Waals surface area contributed by atoms with Crippen molar-refractivity contribution in [1.29, 1.82) is 0 Å². The number of rotatable bonds is 7. The Hall–Kier alpha value is -3.08. The molecule has 0 unspecified atom stereocenters. The first-order chi connectivity index (χ1) is 9.93. The number of nitrogens with zero attached hydrogens (tertiary/aromatic N) is 2. The minimum absolute atomic E-state index is 0.133. The van der Waals surface area contributed by atoms with Crippen LogP contribution in [0.4, 0.5) is 5.69 Å². The number of carboxylic acids is 1. The van der Waals surface area contributed by atoms with E-state index >= 15 is 0 Å². The second-order valence-electron chi connectivity index (χ2n) is 3.89. The van der Waals surface area contributed by atoms with Crippen LogP contribution in [0.1, 0.15) is 0 Å². The van der Waals surface area contributed by atoms with Gasteiger partial charge in [0.05, 0.1) is 17.5 Å². The van der Waals surface area contributed by atoms with Gasteiger partial charge in [-0.25, -0.2) is 0 Å². The molecular weight excluding hydrogens is 280 g/mol. The Labute approximate surface area is 120 Å². The Morgan fingerprint density at radius 1 is 1.48 bits per heavy atom. The number of carbonyl (C=O) groups is 2. The monoisotopic (exact) mass is 292 g/mol. The average Bonchev–Trinajstić information content (AvgIpc) is 2.44. The van der Waals surface area contributed by atoms with E-state index in [1.807, 2.05) is 0 Å². The summed E-state index contributed by atoms with van der Waals surface area (Å²) in [5.74, 6) is 0.483. The van der Waals surface area contributed by atoms with E-state index in [2.05, 4.69) is 5.92 Å². The summed E-state index contributed by atoms with van der Waals surface area (Å²) in [4.78, 5) is 33.3. The second kappa shape index (κ2) is 7.49. The van der Waals surface area contributed by atoms with Crippen LogP contribution in [0.2, 0.25) is 0 Å². The molecule has 1 aromatic carbocycles. The maximum absolute atomic E-state index is 11.8. The van der Waals surface area contributed by atoms with E-state index in [0.29, 0.717) is 0 Å². The lowest BCUT2D eigenvalue weighted by Gasteiger charge is -2.17. The Kier molecular flexibility index (Phi) is 5.70. The fraction of sp³-hybridized carbons (Fsp3) is 0.231. The van der Waals surface area contributed by atoms with Crippen molar-refractivity contribution in [3.63, 3.8) is 0 Å². The molecule has 0 atom stereocenters. The highest BCUT2D eigenvalue weighted by Crippen LogP contribution is 2.18. The third-order valence-corrected chi connectivity index (χ3v) is 2.35. The van der Waals surface area contributed by atoms with Gasteiger partial charge in [-0.05, 0) is 6.07 Å². The summed E-state index contributed by atoms with van der Waals surface area (Å²) in [7, 11) is 0. The van der Waals surface area contributed by atoms with Crippen molar-refractivity contribution in [1.82, 2.24) is 4.90 Å². The summed E-state index contributed by atoms with van der Waals surface area (Å²) in [5, 5.41) is 19.3. The number of amides is 1. The maximum atomic E-state index is 11.8. The minimum atomic E-state index is -1.20. The first-order valence-corrected chi connectivity index (χ1v) is 5.74. The number of carbonyl (C=O) groups excluding carboxylic acids is 1. The Balaban J connectivity index is 2.66. The molecule has 1 N–H and O–H groups in total. The number of carboxylic acid groups (broad SMARTS) is 1. The van der Waals surface area contributed by atoms with E-state index in [4.69, 9.17) is 16.3 Å². The third-order valence-electron chi connectivity index (χ3n) is 2.35. The van der Waals surface area contributed by atoms with Crippen LogP contribution in [0.3, 0.4) is 0 Å². The van der Waals surface area contributed by atoms with Gasteiger partial charge in [-0.15, -0.1) is 6.42 Å². The summed E-state index contributed by atoms with van der Waals surface area (Å²) in [6, 6.07) is 5.30. The van der Waals surface area contributed by atoms with Gasteiger partial charge in [0.25, 0.3) is 11.6 Å². The van der Waals surface area contributed by atoms with Gasteiger partial charge in [0.2, 0.25) is 0 Å². The lowest BCUT2D eigenvalue weighted by molar-refractivity contribution is -0.384. The van der Waals surface area contributed by atoms with Crippen molar-refractivity contribution < 1.29 is 24.4 Å². The molecule has 0 aliphatic carbocycles. The van der Waals surface area contributed by atoms with Gasteiger partial charge in [-0.3, -0.25) is 19.7 Å². The van der Waals surface area contributed by atoms with Crippen molar-refractivity contribution in [2.24, 2.45) is 0 Å². The van der Waals surface area contributed by atoms with Crippen LogP contribution in [0, 0.1) is 22.5 Å². The molecule has 1 amide bonds. The lowest BCUT2D eigenvalue weighted by Crippen LogP contribution is -2.38. The van der Waals surface area contributed by atoms with Crippen LogP contribution in [0.5, 0.6) is 5.75 Å². The minimum Gasteiger partial charge on any atom is -0.484 e. The van der Waals surface area contributed by atoms with E-state index in [9.17, 15) is 19.7 Å². The second-order valence-corrected chi connectivity index (χ2v) is 3.89. The molecule has 1 rings (SSSR count). The summed E-state index contributed by atoms with van der Waals surface area (Å²) in [5.41, 5.74) is -0.175. The van der Waals surface area contributed by atoms with Crippen molar-refractivity contribution in [2.45, 2.75) is 0 Å². The molecule has 0 heterocycles. The van der Waals surface area contributed by atoms with Gasteiger partial charge >= 0.3 is 5.97 Å². The molecular formula is C13H12N2O6. The smallest absolute Gasteiger partial charge is 0.323 e. The van der Waals surface area contributed by atoms with E-state index in [-0.39, 0.29) is 18.0 Å². The zero-order valence-electron chi connectivity index (χ0n) is 10.9. The van der Waals surface area contributed by atoms with Gasteiger partial charge in [-0.2, -0.15) is 0 Å². The number of nitro groups is 1. The Morgan fingerprint density at radius 2 is 2.19 bits per heavy atom. The Bertz CT molecular complexity index is 593. The number of benzene rings is 1. The van der Waals surface area contributed by atoms with Gasteiger partial charge in [-0.1, -0.05) is 12.0 Å². The molecule has 0 spiro atoms. The van der Waals surface area contributed by atoms with E-state index < -0.39 is 30.0 Å². The predicted molar refractivity (Wildman–Crippen MR) is 71.6 cm³/mol. The fourth-order valence-electron chi connectivity index (χ4n) is 1.43. The number of terminal acetylenes is 1. The molecule has 0 saturated carbocycles. The van der Waals surface area contributed by atoms with Crippen molar-refractivity contribution in [3.05, 3.63) is 34.4 Å². The number of nitro benzene ring substituents is 1. The number of ether oxygens (including phenoxy) is 1. The van der Waals surface area contributed by atoms with Gasteiger partial charge < -0.3 is 14.7 Å². The van der Waals surface area contributed by atoms with E-state index in [1.54, 1.807) is 0 Å². The topological polar surface area (TPSA) is 110 Å². The molecule has 0 bridgehead atoms. The molecule has 0 aliphatic heterocycles. The molecule has 0 fully saturated rings. The van der Waals surface area contributed by atoms with Crippen LogP contribution in [0.15, 0.2) is 24.3 Å². The van der Waals surface area contributed by atoms with Crippen molar-refractivity contribution in [3.8, 4) is 18.1 Å². The summed E-state index contributed by atoms with van der Waals surface area (Å²) >= 11 is 0. The molecule has 8 heteroatoms. The van der Waals surface area contributed by atoms with Crippen molar-refractivity contribution in [2.75, 3.05) is 19.7 Å². The van der Waals surface area contributed by atoms with Crippen LogP contribution in [-0.2, 0) is 9.59 Å². The third kappa shape index (κ3) is 5.20. The van der Waals surface area contributed by atoms with Crippen LogP contribution < -0.4 is 4.74 Å². The first-order valence-electron chi connectivity index (χ1n) is 5.74. The molecule has 0 aliphatic rings. The molecule has 8 nitrogen and oxygen atoms in total. The summed E-state index contributed by atoms with van der Waals surface area (Å²) < 4.78 is 5.11. The SMILES string of the molecule is C#CCN(CC(=O)O)C(=O)COc1cccc([N+](=O)[O-])c1. The average molecular weight is 292 g/mol. The Morgan fingerprint density at radius 3 is 2.76 bits per heavy atom. The number of aliphatic carboxylic acids is 1. The normalized spacial score (nSPS) is 9.48. The van der Waals surface area contributed by atoms with Crippen LogP contribution in [0.25, 0.3) is 0 Å². The molecule has 0 aromatic heterocycles. The van der Waals surface area contributed by atoms with Gasteiger partial charge in [0.1, 0.15) is 12.3 Å². The molecule has 0 saturated heterocycles. The molecule has 21 heavy (non-hydrogen) atoms. The molecule has 0 radical (unpaired) electrons. The summed E-state index contributed by atoms with van der Waals surface area (Å²) in [6.07, 6.45) is 5.05. The highest BCUT2D eigenvalue weighted by Gasteiger charge is 2.16. The lowest BCUT2D eigenvalue weighted by atomic mass is 10.3. The number of hydrogen-bond acceptors (Lipinski definition) is 5. The van der Waals surface area contributed by atoms with Crippen molar-refractivity contribution >= 4 is 17.6 Å². The van der Waals surface area contributed by atoms with Crippen LogP contribution >= 0.6 is 0 Å². The summed E-state index contributed by atoms with van der Waals surface area (Å²) in [6.45, 7) is -1.17. The zero-order chi connectivity index (χ0) is 15.8. The predicted octanol–water partition coefficient (Wildman–Crippen LogP) is 0.520. The standard InChI is InChI=1S/C13H12N2O6/c1-2-6-14(8-13(17)18)12(16)9-21-11-5-3-4-10(7-11)15(19)20/h1,3-5,7H,6,8-9H2,(H,17,18). The highest BCUT2D eigenvalue weighted by molar-refractivity contribution is 5.82. The van der Waals surface area contributed by atoms with E-state index in [1.165, 1.54) is 18.2 Å².